The molecule has 0 bridgehead atoms. The van der Waals surface area contributed by atoms with Crippen LogP contribution in [-0.2, 0) is 0 Å². The number of benzene rings is 2. The molecule has 5 nitrogen and oxygen atoms in total. The number of rotatable bonds is 5. The summed E-state index contributed by atoms with van der Waals surface area (Å²) in [4.78, 5) is 4.85. The van der Waals surface area contributed by atoms with Crippen LogP contribution in [-0.4, -0.2) is 25.3 Å². The van der Waals surface area contributed by atoms with Crippen molar-refractivity contribution >= 4 is 17.9 Å². The van der Waals surface area contributed by atoms with E-state index < -0.39 is 0 Å². The molecular formula is C21H26N4O. The number of nitrogens with zero attached hydrogens (tertiary/aromatic N) is 2. The fraction of sp³-hybridized carbons (Fsp3) is 0.333. The van der Waals surface area contributed by atoms with Gasteiger partial charge in [0.2, 0.25) is 5.96 Å². The Kier molecular flexibility index (Phi) is 6.65. The Morgan fingerprint density at radius 2 is 1.73 bits per heavy atom. The molecule has 2 aromatic rings. The molecule has 0 spiro atoms. The number of anilines is 1. The van der Waals surface area contributed by atoms with Crippen LogP contribution in [0.25, 0.3) is 0 Å². The van der Waals surface area contributed by atoms with Crippen molar-refractivity contribution in [2.75, 3.05) is 12.4 Å². The van der Waals surface area contributed by atoms with Crippen molar-refractivity contribution in [1.82, 2.24) is 5.43 Å². The number of methoxy groups -OCH3 is 1. The van der Waals surface area contributed by atoms with Gasteiger partial charge in [0.05, 0.1) is 19.4 Å². The second-order valence-corrected chi connectivity index (χ2v) is 6.40. The number of para-hydroxylation sites is 1. The number of aliphatic imine (C=N–C) groups is 1. The number of hydrogen-bond donors (Lipinski definition) is 2. The number of guanidine groups is 1. The normalized spacial score (nSPS) is 15.8. The maximum atomic E-state index is 5.17. The summed E-state index contributed by atoms with van der Waals surface area (Å²) in [5.41, 5.74) is 5.06. The highest BCUT2D eigenvalue weighted by Crippen LogP contribution is 2.20. The molecule has 1 aliphatic rings. The van der Waals surface area contributed by atoms with E-state index in [1.54, 1.807) is 13.3 Å². The van der Waals surface area contributed by atoms with Crippen LogP contribution in [0, 0.1) is 0 Å². The van der Waals surface area contributed by atoms with Crippen LogP contribution in [0.5, 0.6) is 5.75 Å². The summed E-state index contributed by atoms with van der Waals surface area (Å²) in [6.45, 7) is 0. The summed E-state index contributed by atoms with van der Waals surface area (Å²) in [6.07, 6.45) is 7.89. The largest absolute Gasteiger partial charge is 0.497 e. The van der Waals surface area contributed by atoms with Gasteiger partial charge in [0.25, 0.3) is 0 Å². The average Bonchev–Trinajstić information content (AvgIpc) is 2.70. The van der Waals surface area contributed by atoms with Crippen LogP contribution in [0.3, 0.4) is 0 Å². The van der Waals surface area contributed by atoms with E-state index in [1.807, 2.05) is 54.6 Å². The minimum Gasteiger partial charge on any atom is -0.497 e. The summed E-state index contributed by atoms with van der Waals surface area (Å²) >= 11 is 0. The Morgan fingerprint density at radius 3 is 2.42 bits per heavy atom. The van der Waals surface area contributed by atoms with Crippen LogP contribution < -0.4 is 15.5 Å². The second-order valence-electron chi connectivity index (χ2n) is 6.40. The van der Waals surface area contributed by atoms with Crippen molar-refractivity contribution in [3.05, 3.63) is 60.2 Å². The maximum Gasteiger partial charge on any atom is 0.216 e. The van der Waals surface area contributed by atoms with Crippen molar-refractivity contribution in [1.29, 1.82) is 0 Å². The molecule has 0 aromatic heterocycles. The predicted octanol–water partition coefficient (Wildman–Crippen LogP) is 4.42. The number of ether oxygens (including phenoxy) is 1. The fourth-order valence-corrected chi connectivity index (χ4v) is 3.00. The molecule has 0 unspecified atom stereocenters. The molecule has 2 aromatic carbocycles. The first-order chi connectivity index (χ1) is 12.8. The molecular weight excluding hydrogens is 324 g/mol. The van der Waals surface area contributed by atoms with Gasteiger partial charge in [-0.15, -0.1) is 0 Å². The van der Waals surface area contributed by atoms with E-state index in [0.717, 1.165) is 29.8 Å². The SMILES string of the molecule is COc1ccc(/C=N/NC(=NC2CCCCC2)Nc2ccccc2)cc1. The van der Waals surface area contributed by atoms with E-state index in [-0.39, 0.29) is 0 Å². The quantitative estimate of drug-likeness (QED) is 0.477. The zero-order valence-electron chi connectivity index (χ0n) is 15.2. The lowest BCUT2D eigenvalue weighted by atomic mass is 9.96. The third-order valence-corrected chi connectivity index (χ3v) is 4.42. The summed E-state index contributed by atoms with van der Waals surface area (Å²) in [6, 6.07) is 18.2. The fourth-order valence-electron chi connectivity index (χ4n) is 3.00. The summed E-state index contributed by atoms with van der Waals surface area (Å²) < 4.78 is 5.17. The molecule has 136 valence electrons. The summed E-state index contributed by atoms with van der Waals surface area (Å²) in [7, 11) is 1.66. The van der Waals surface area contributed by atoms with Crippen molar-refractivity contribution in [3.63, 3.8) is 0 Å². The Balaban J connectivity index is 1.67. The first-order valence-electron chi connectivity index (χ1n) is 9.16. The van der Waals surface area contributed by atoms with Crippen LogP contribution in [0.1, 0.15) is 37.7 Å². The van der Waals surface area contributed by atoms with E-state index in [9.17, 15) is 0 Å². The third kappa shape index (κ3) is 5.62. The second kappa shape index (κ2) is 9.61. The van der Waals surface area contributed by atoms with Gasteiger partial charge >= 0.3 is 0 Å². The lowest BCUT2D eigenvalue weighted by Gasteiger charge is -2.19. The zero-order chi connectivity index (χ0) is 18.0. The molecule has 0 atom stereocenters. The standard InChI is InChI=1S/C21H26N4O/c1-26-20-14-12-17(13-15-20)16-22-25-21(23-18-8-4-2-5-9-18)24-19-10-6-3-7-11-19/h2,4-5,8-9,12-16,19H,3,6-7,10-11H2,1H3,(H2,23,24,25)/b22-16+. The molecule has 1 saturated carbocycles. The molecule has 26 heavy (non-hydrogen) atoms. The number of hydrogen-bond acceptors (Lipinski definition) is 3. The summed E-state index contributed by atoms with van der Waals surface area (Å²) in [5.74, 6) is 1.52. The zero-order valence-corrected chi connectivity index (χ0v) is 15.2. The predicted molar refractivity (Wildman–Crippen MR) is 108 cm³/mol. The smallest absolute Gasteiger partial charge is 0.216 e. The molecule has 3 rings (SSSR count). The van der Waals surface area contributed by atoms with Crippen molar-refractivity contribution < 1.29 is 4.74 Å². The highest BCUT2D eigenvalue weighted by molar-refractivity contribution is 5.94. The third-order valence-electron chi connectivity index (χ3n) is 4.42. The van der Waals surface area contributed by atoms with Crippen molar-refractivity contribution in [3.8, 4) is 5.75 Å². The van der Waals surface area contributed by atoms with Crippen LogP contribution in [0.2, 0.25) is 0 Å². The Bertz CT molecular complexity index is 719. The Labute approximate surface area is 155 Å². The van der Waals surface area contributed by atoms with Gasteiger partial charge in [-0.1, -0.05) is 37.5 Å². The highest BCUT2D eigenvalue weighted by atomic mass is 16.5. The highest BCUT2D eigenvalue weighted by Gasteiger charge is 2.13. The molecule has 1 aliphatic carbocycles. The van der Waals surface area contributed by atoms with Gasteiger partial charge in [0.15, 0.2) is 0 Å². The first-order valence-corrected chi connectivity index (χ1v) is 9.16. The minimum absolute atomic E-state index is 0.360. The first kappa shape index (κ1) is 18.0. The Morgan fingerprint density at radius 1 is 1.00 bits per heavy atom. The maximum absolute atomic E-state index is 5.17. The molecule has 5 heteroatoms. The van der Waals surface area contributed by atoms with E-state index >= 15 is 0 Å². The minimum atomic E-state index is 0.360. The summed E-state index contributed by atoms with van der Waals surface area (Å²) in [5, 5.41) is 7.69. The van der Waals surface area contributed by atoms with Gasteiger partial charge in [0.1, 0.15) is 5.75 Å². The van der Waals surface area contributed by atoms with Gasteiger partial charge in [-0.25, -0.2) is 10.4 Å². The molecule has 1 fully saturated rings. The van der Waals surface area contributed by atoms with Crippen LogP contribution >= 0.6 is 0 Å². The molecule has 2 N–H and O–H groups in total. The topological polar surface area (TPSA) is 58.0 Å². The lowest BCUT2D eigenvalue weighted by molar-refractivity contribution is 0.415. The van der Waals surface area contributed by atoms with Gasteiger partial charge in [0, 0.05) is 5.69 Å². The van der Waals surface area contributed by atoms with E-state index in [4.69, 9.17) is 9.73 Å². The van der Waals surface area contributed by atoms with Crippen LogP contribution in [0.4, 0.5) is 5.69 Å². The molecule has 0 heterocycles. The van der Waals surface area contributed by atoms with Gasteiger partial charge in [-0.05, 0) is 54.8 Å². The number of nitrogens with one attached hydrogen (secondary N) is 2. The van der Waals surface area contributed by atoms with Gasteiger partial charge in [-0.2, -0.15) is 5.10 Å². The van der Waals surface area contributed by atoms with Gasteiger partial charge in [-0.3, -0.25) is 0 Å². The molecule has 0 amide bonds. The Hall–Kier alpha value is -2.82. The van der Waals surface area contributed by atoms with Crippen molar-refractivity contribution in [2.24, 2.45) is 10.1 Å². The van der Waals surface area contributed by atoms with Crippen LogP contribution in [0.15, 0.2) is 64.7 Å². The van der Waals surface area contributed by atoms with E-state index in [2.05, 4.69) is 15.8 Å². The molecule has 0 radical (unpaired) electrons. The van der Waals surface area contributed by atoms with Crippen molar-refractivity contribution in [2.45, 2.75) is 38.1 Å². The molecule has 0 saturated heterocycles. The van der Waals surface area contributed by atoms with E-state index in [0.29, 0.717) is 12.0 Å². The molecule has 0 aliphatic heterocycles. The monoisotopic (exact) mass is 350 g/mol. The van der Waals surface area contributed by atoms with E-state index in [1.165, 1.54) is 19.3 Å². The van der Waals surface area contributed by atoms with Gasteiger partial charge < -0.3 is 10.1 Å². The lowest BCUT2D eigenvalue weighted by Crippen LogP contribution is -2.29. The average molecular weight is 350 g/mol. The number of hydrazone groups is 1.